The van der Waals surface area contributed by atoms with Crippen LogP contribution in [0.1, 0.15) is 15.2 Å². The van der Waals surface area contributed by atoms with Crippen LogP contribution in [0.4, 0.5) is 0 Å². The second kappa shape index (κ2) is 7.95. The maximum atomic E-state index is 12.3. The summed E-state index contributed by atoms with van der Waals surface area (Å²) in [5, 5.41) is 1.76. The van der Waals surface area contributed by atoms with E-state index in [0.717, 1.165) is 15.6 Å². The first-order chi connectivity index (χ1) is 12.5. The average Bonchev–Trinajstić information content (AvgIpc) is 2.96. The van der Waals surface area contributed by atoms with Crippen LogP contribution in [-0.2, 0) is 4.79 Å². The molecule has 3 aromatic rings. The van der Waals surface area contributed by atoms with Gasteiger partial charge in [-0.2, -0.15) is 0 Å². The minimum Gasteiger partial charge on any atom is -0.483 e. The summed E-state index contributed by atoms with van der Waals surface area (Å²) in [7, 11) is 0. The maximum absolute atomic E-state index is 12.3. The second-order valence-corrected chi connectivity index (χ2v) is 7.31. The van der Waals surface area contributed by atoms with Gasteiger partial charge in [0.2, 0.25) is 0 Å². The number of amides is 2. The Kier molecular flexibility index (Phi) is 5.66. The molecule has 0 spiro atoms. The Morgan fingerprint density at radius 2 is 1.88 bits per heavy atom. The summed E-state index contributed by atoms with van der Waals surface area (Å²) >= 11 is 13.4. The van der Waals surface area contributed by atoms with Crippen LogP contribution < -0.4 is 15.6 Å². The fourth-order valence-corrected chi connectivity index (χ4v) is 3.94. The number of benzene rings is 2. The molecule has 0 bridgehead atoms. The summed E-state index contributed by atoms with van der Waals surface area (Å²) < 4.78 is 6.32. The van der Waals surface area contributed by atoms with Crippen LogP contribution in [0.2, 0.25) is 10.0 Å². The van der Waals surface area contributed by atoms with Crippen molar-refractivity contribution in [2.24, 2.45) is 0 Å². The highest BCUT2D eigenvalue weighted by Gasteiger charge is 2.17. The number of hydrazine groups is 1. The van der Waals surface area contributed by atoms with Gasteiger partial charge in [-0.3, -0.25) is 20.4 Å². The average molecular weight is 409 g/mol. The summed E-state index contributed by atoms with van der Waals surface area (Å²) in [5.74, 6) is -0.430. The van der Waals surface area contributed by atoms with Gasteiger partial charge in [-0.25, -0.2) is 0 Å². The smallest absolute Gasteiger partial charge is 0.281 e. The lowest BCUT2D eigenvalue weighted by atomic mass is 10.2. The predicted octanol–water partition coefficient (Wildman–Crippen LogP) is 4.36. The van der Waals surface area contributed by atoms with Crippen molar-refractivity contribution in [2.45, 2.75) is 6.92 Å². The molecule has 2 N–H and O–H groups in total. The van der Waals surface area contributed by atoms with E-state index >= 15 is 0 Å². The van der Waals surface area contributed by atoms with Crippen LogP contribution in [0, 0.1) is 6.92 Å². The van der Waals surface area contributed by atoms with E-state index in [-0.39, 0.29) is 6.61 Å². The first-order valence-electron chi connectivity index (χ1n) is 7.61. The molecule has 0 aliphatic heterocycles. The van der Waals surface area contributed by atoms with Gasteiger partial charge in [-0.1, -0.05) is 41.4 Å². The lowest BCUT2D eigenvalue weighted by Gasteiger charge is -2.10. The van der Waals surface area contributed by atoms with Gasteiger partial charge in [0.15, 0.2) is 6.61 Å². The Labute approximate surface area is 163 Å². The zero-order chi connectivity index (χ0) is 18.7. The molecular weight excluding hydrogens is 395 g/mol. The molecule has 5 nitrogen and oxygen atoms in total. The minimum absolute atomic E-state index is 0.247. The molecule has 3 rings (SSSR count). The molecule has 0 aliphatic carbocycles. The molecule has 134 valence electrons. The van der Waals surface area contributed by atoms with Crippen molar-refractivity contribution in [3.63, 3.8) is 0 Å². The van der Waals surface area contributed by atoms with Crippen molar-refractivity contribution in [1.29, 1.82) is 0 Å². The molecule has 0 radical (unpaired) electrons. The zero-order valence-electron chi connectivity index (χ0n) is 13.6. The second-order valence-electron chi connectivity index (χ2n) is 5.44. The maximum Gasteiger partial charge on any atom is 0.281 e. The monoisotopic (exact) mass is 408 g/mol. The fourth-order valence-electron chi connectivity index (χ4n) is 2.30. The van der Waals surface area contributed by atoms with E-state index < -0.39 is 11.8 Å². The molecule has 0 fully saturated rings. The molecule has 0 unspecified atom stereocenters. The van der Waals surface area contributed by atoms with Gasteiger partial charge in [0.05, 0.1) is 5.02 Å². The number of aryl methyl sites for hydroxylation is 1. The van der Waals surface area contributed by atoms with Crippen molar-refractivity contribution in [3.05, 3.63) is 63.0 Å². The Balaban J connectivity index is 1.56. The first kappa shape index (κ1) is 18.5. The largest absolute Gasteiger partial charge is 0.483 e. The summed E-state index contributed by atoms with van der Waals surface area (Å²) in [6.07, 6.45) is 0. The van der Waals surface area contributed by atoms with E-state index in [1.165, 1.54) is 11.3 Å². The number of carbonyl (C=O) groups is 2. The third-order valence-electron chi connectivity index (χ3n) is 3.55. The zero-order valence-corrected chi connectivity index (χ0v) is 16.0. The molecular formula is C18H14Cl2N2O3S. The Morgan fingerprint density at radius 3 is 2.62 bits per heavy atom. The number of halogens is 2. The van der Waals surface area contributed by atoms with Gasteiger partial charge in [0, 0.05) is 15.1 Å². The lowest BCUT2D eigenvalue weighted by molar-refractivity contribution is -0.123. The van der Waals surface area contributed by atoms with Crippen LogP contribution in [-0.4, -0.2) is 18.4 Å². The van der Waals surface area contributed by atoms with E-state index in [2.05, 4.69) is 10.9 Å². The highest BCUT2D eigenvalue weighted by Crippen LogP contribution is 2.34. The van der Waals surface area contributed by atoms with Gasteiger partial charge in [0.25, 0.3) is 11.8 Å². The molecule has 0 saturated heterocycles. The number of hydrogen-bond donors (Lipinski definition) is 2. The third-order valence-corrected chi connectivity index (χ3v) is 5.46. The standard InChI is InChI=1S/C18H14Cl2N2O3S/c1-10-8-11(19)6-7-13(10)25-9-15(23)21-22-18(24)17-16(20)12-4-2-3-5-14(12)26-17/h2-8H,9H2,1H3,(H,21,23)(H,22,24). The summed E-state index contributed by atoms with van der Waals surface area (Å²) in [6.45, 7) is 1.58. The minimum atomic E-state index is -0.495. The number of thiophene rings is 1. The van der Waals surface area contributed by atoms with E-state index in [0.29, 0.717) is 20.7 Å². The third kappa shape index (κ3) is 4.09. The molecule has 0 aliphatic rings. The topological polar surface area (TPSA) is 67.4 Å². The van der Waals surface area contributed by atoms with Crippen LogP contribution in [0.25, 0.3) is 10.1 Å². The van der Waals surface area contributed by atoms with Gasteiger partial charge < -0.3 is 4.74 Å². The van der Waals surface area contributed by atoms with Gasteiger partial charge in [-0.15, -0.1) is 11.3 Å². The van der Waals surface area contributed by atoms with E-state index in [1.807, 2.05) is 31.2 Å². The first-order valence-corrected chi connectivity index (χ1v) is 9.18. The molecule has 0 saturated carbocycles. The summed E-state index contributed by atoms with van der Waals surface area (Å²) in [5.41, 5.74) is 5.47. The molecule has 1 heterocycles. The van der Waals surface area contributed by atoms with Crippen molar-refractivity contribution in [1.82, 2.24) is 10.9 Å². The number of hydrogen-bond acceptors (Lipinski definition) is 4. The number of nitrogens with one attached hydrogen (secondary N) is 2. The quantitative estimate of drug-likeness (QED) is 0.630. The highest BCUT2D eigenvalue weighted by molar-refractivity contribution is 7.21. The van der Waals surface area contributed by atoms with E-state index in [1.54, 1.807) is 18.2 Å². The number of rotatable bonds is 4. The fraction of sp³-hybridized carbons (Fsp3) is 0.111. The van der Waals surface area contributed by atoms with Gasteiger partial charge in [-0.05, 0) is 36.8 Å². The molecule has 2 amide bonds. The van der Waals surface area contributed by atoms with Crippen LogP contribution in [0.5, 0.6) is 5.75 Å². The SMILES string of the molecule is Cc1cc(Cl)ccc1OCC(=O)NNC(=O)c1sc2ccccc2c1Cl. The van der Waals surface area contributed by atoms with Gasteiger partial charge >= 0.3 is 0 Å². The van der Waals surface area contributed by atoms with Crippen molar-refractivity contribution >= 4 is 56.4 Å². The summed E-state index contributed by atoms with van der Waals surface area (Å²) in [4.78, 5) is 24.5. The van der Waals surface area contributed by atoms with E-state index in [9.17, 15) is 9.59 Å². The highest BCUT2D eigenvalue weighted by atomic mass is 35.5. The summed E-state index contributed by atoms with van der Waals surface area (Å²) in [6, 6.07) is 12.5. The number of ether oxygens (including phenoxy) is 1. The van der Waals surface area contributed by atoms with E-state index in [4.69, 9.17) is 27.9 Å². The van der Waals surface area contributed by atoms with Crippen LogP contribution in [0.15, 0.2) is 42.5 Å². The van der Waals surface area contributed by atoms with Crippen molar-refractivity contribution < 1.29 is 14.3 Å². The molecule has 26 heavy (non-hydrogen) atoms. The Bertz CT molecular complexity index is 988. The van der Waals surface area contributed by atoms with Crippen LogP contribution >= 0.6 is 34.5 Å². The molecule has 8 heteroatoms. The molecule has 0 atom stereocenters. The number of fused-ring (bicyclic) bond motifs is 1. The van der Waals surface area contributed by atoms with Crippen molar-refractivity contribution in [2.75, 3.05) is 6.61 Å². The number of carbonyl (C=O) groups excluding carboxylic acids is 2. The van der Waals surface area contributed by atoms with Crippen LogP contribution in [0.3, 0.4) is 0 Å². The normalized spacial score (nSPS) is 10.6. The predicted molar refractivity (Wildman–Crippen MR) is 104 cm³/mol. The Hall–Kier alpha value is -2.28. The molecule has 2 aromatic carbocycles. The lowest BCUT2D eigenvalue weighted by Crippen LogP contribution is -2.43. The Morgan fingerprint density at radius 1 is 1.12 bits per heavy atom. The van der Waals surface area contributed by atoms with Crippen molar-refractivity contribution in [3.8, 4) is 5.75 Å². The molecule has 1 aromatic heterocycles. The van der Waals surface area contributed by atoms with Gasteiger partial charge in [0.1, 0.15) is 10.6 Å².